The Balaban J connectivity index is 1.85. The summed E-state index contributed by atoms with van der Waals surface area (Å²) in [5.41, 5.74) is 6.51. The first-order chi connectivity index (χ1) is 10.6. The minimum atomic E-state index is -2.50. The third-order valence-electron chi connectivity index (χ3n) is 4.04. The van der Waals surface area contributed by atoms with Crippen LogP contribution in [0.25, 0.3) is 0 Å². The van der Waals surface area contributed by atoms with Gasteiger partial charge in [0.2, 0.25) is 5.91 Å². The highest BCUT2D eigenvalue weighted by molar-refractivity contribution is 5.79. The Morgan fingerprint density at radius 1 is 1.41 bits per heavy atom. The Hall–Kier alpha value is -1.69. The van der Waals surface area contributed by atoms with Crippen molar-refractivity contribution in [2.75, 3.05) is 13.2 Å². The quantitative estimate of drug-likeness (QED) is 0.812. The molecule has 0 radical (unpaired) electrons. The van der Waals surface area contributed by atoms with E-state index in [-0.39, 0.29) is 17.7 Å². The lowest BCUT2D eigenvalue weighted by atomic mass is 9.95. The number of amides is 1. The van der Waals surface area contributed by atoms with Crippen LogP contribution in [0.4, 0.5) is 8.78 Å². The van der Waals surface area contributed by atoms with Gasteiger partial charge in [-0.2, -0.15) is 0 Å². The maximum atomic E-state index is 12.2. The SMILES string of the molecule is NC[C@H]1CCC[C@H]1C(=O)NCc1cccc(OCC(F)F)c1. The van der Waals surface area contributed by atoms with Gasteiger partial charge in [0.1, 0.15) is 12.4 Å². The molecule has 1 aliphatic rings. The van der Waals surface area contributed by atoms with Crippen LogP contribution in [-0.2, 0) is 11.3 Å². The van der Waals surface area contributed by atoms with Crippen LogP contribution < -0.4 is 15.8 Å². The second kappa shape index (κ2) is 8.08. The van der Waals surface area contributed by atoms with Crippen molar-refractivity contribution in [3.8, 4) is 5.75 Å². The molecule has 1 aromatic rings. The van der Waals surface area contributed by atoms with Gasteiger partial charge in [0.25, 0.3) is 6.43 Å². The standard InChI is InChI=1S/C16H22F2N2O2/c17-15(18)10-22-13-5-1-3-11(7-13)9-20-16(21)14-6-2-4-12(14)8-19/h1,3,5,7,12,14-15H,2,4,6,8-10,19H2,(H,20,21)/t12-,14-/m1/s1. The average molecular weight is 312 g/mol. The summed E-state index contributed by atoms with van der Waals surface area (Å²) in [7, 11) is 0. The van der Waals surface area contributed by atoms with Crippen molar-refractivity contribution in [3.63, 3.8) is 0 Å². The molecule has 1 fully saturated rings. The topological polar surface area (TPSA) is 64.4 Å². The molecule has 1 aromatic carbocycles. The average Bonchev–Trinajstić information content (AvgIpc) is 2.99. The summed E-state index contributed by atoms with van der Waals surface area (Å²) in [5, 5.41) is 2.90. The summed E-state index contributed by atoms with van der Waals surface area (Å²) >= 11 is 0. The van der Waals surface area contributed by atoms with Gasteiger partial charge in [0.15, 0.2) is 0 Å². The van der Waals surface area contributed by atoms with E-state index in [0.29, 0.717) is 18.8 Å². The molecule has 122 valence electrons. The molecule has 1 amide bonds. The van der Waals surface area contributed by atoms with Crippen molar-refractivity contribution in [1.29, 1.82) is 0 Å². The summed E-state index contributed by atoms with van der Waals surface area (Å²) in [6, 6.07) is 6.83. The van der Waals surface area contributed by atoms with Crippen LogP contribution in [0.15, 0.2) is 24.3 Å². The molecule has 1 aliphatic carbocycles. The molecule has 2 atom stereocenters. The number of carbonyl (C=O) groups excluding carboxylic acids is 1. The summed E-state index contributed by atoms with van der Waals surface area (Å²) in [5.74, 6) is 0.656. The molecule has 0 saturated heterocycles. The molecule has 2 rings (SSSR count). The summed E-state index contributed by atoms with van der Waals surface area (Å²) in [6.07, 6.45) is 0.423. The summed E-state index contributed by atoms with van der Waals surface area (Å²) in [4.78, 5) is 12.2. The molecule has 0 aromatic heterocycles. The number of rotatable bonds is 7. The zero-order valence-electron chi connectivity index (χ0n) is 12.4. The highest BCUT2D eigenvalue weighted by Gasteiger charge is 2.31. The fourth-order valence-corrected chi connectivity index (χ4v) is 2.89. The first kappa shape index (κ1) is 16.7. The van der Waals surface area contributed by atoms with Crippen LogP contribution in [0.1, 0.15) is 24.8 Å². The van der Waals surface area contributed by atoms with Crippen molar-refractivity contribution in [1.82, 2.24) is 5.32 Å². The minimum Gasteiger partial charge on any atom is -0.488 e. The molecule has 0 aliphatic heterocycles. The maximum Gasteiger partial charge on any atom is 0.272 e. The first-order valence-corrected chi connectivity index (χ1v) is 7.58. The lowest BCUT2D eigenvalue weighted by Gasteiger charge is -2.17. The number of hydrogen-bond acceptors (Lipinski definition) is 3. The van der Waals surface area contributed by atoms with Gasteiger partial charge in [-0.05, 0) is 43.0 Å². The van der Waals surface area contributed by atoms with Crippen molar-refractivity contribution in [2.45, 2.75) is 32.2 Å². The third kappa shape index (κ3) is 4.66. The van der Waals surface area contributed by atoms with Crippen molar-refractivity contribution in [2.24, 2.45) is 17.6 Å². The van der Waals surface area contributed by atoms with Crippen molar-refractivity contribution < 1.29 is 18.3 Å². The molecule has 1 saturated carbocycles. The van der Waals surface area contributed by atoms with E-state index in [1.54, 1.807) is 18.2 Å². The second-order valence-corrected chi connectivity index (χ2v) is 5.60. The van der Waals surface area contributed by atoms with E-state index in [0.717, 1.165) is 24.8 Å². The minimum absolute atomic E-state index is 0.0109. The molecule has 0 bridgehead atoms. The summed E-state index contributed by atoms with van der Waals surface area (Å²) < 4.78 is 29.2. The number of alkyl halides is 2. The highest BCUT2D eigenvalue weighted by atomic mass is 19.3. The predicted molar refractivity (Wildman–Crippen MR) is 79.7 cm³/mol. The molecule has 6 heteroatoms. The molecular formula is C16H22F2N2O2. The van der Waals surface area contributed by atoms with Gasteiger partial charge in [-0.15, -0.1) is 0 Å². The Morgan fingerprint density at radius 3 is 2.95 bits per heavy atom. The van der Waals surface area contributed by atoms with Gasteiger partial charge >= 0.3 is 0 Å². The van der Waals surface area contributed by atoms with Crippen molar-refractivity contribution in [3.05, 3.63) is 29.8 Å². The van der Waals surface area contributed by atoms with Crippen LogP contribution >= 0.6 is 0 Å². The Labute approximate surface area is 129 Å². The second-order valence-electron chi connectivity index (χ2n) is 5.60. The molecule has 4 nitrogen and oxygen atoms in total. The lowest BCUT2D eigenvalue weighted by Crippen LogP contribution is -2.34. The predicted octanol–water partition coefficient (Wildman–Crippen LogP) is 2.32. The number of hydrogen-bond donors (Lipinski definition) is 2. The van der Waals surface area contributed by atoms with E-state index >= 15 is 0 Å². The zero-order chi connectivity index (χ0) is 15.9. The van der Waals surface area contributed by atoms with Gasteiger partial charge < -0.3 is 15.8 Å². The highest BCUT2D eigenvalue weighted by Crippen LogP contribution is 2.31. The van der Waals surface area contributed by atoms with Crippen LogP contribution in [0.2, 0.25) is 0 Å². The third-order valence-corrected chi connectivity index (χ3v) is 4.04. The van der Waals surface area contributed by atoms with E-state index in [1.165, 1.54) is 0 Å². The zero-order valence-corrected chi connectivity index (χ0v) is 12.4. The van der Waals surface area contributed by atoms with Crippen molar-refractivity contribution >= 4 is 5.91 Å². The van der Waals surface area contributed by atoms with E-state index < -0.39 is 13.0 Å². The normalized spacial score (nSPS) is 21.1. The fourth-order valence-electron chi connectivity index (χ4n) is 2.89. The number of nitrogens with two attached hydrogens (primary N) is 1. The van der Waals surface area contributed by atoms with Crippen LogP contribution in [0.3, 0.4) is 0 Å². The van der Waals surface area contributed by atoms with Gasteiger partial charge in [-0.25, -0.2) is 8.78 Å². The van der Waals surface area contributed by atoms with Crippen LogP contribution in [0.5, 0.6) is 5.75 Å². The van der Waals surface area contributed by atoms with E-state index in [1.807, 2.05) is 6.07 Å². The number of halogens is 2. The molecule has 22 heavy (non-hydrogen) atoms. The molecule has 0 heterocycles. The van der Waals surface area contributed by atoms with Gasteiger partial charge in [-0.1, -0.05) is 18.6 Å². The fraction of sp³-hybridized carbons (Fsp3) is 0.562. The van der Waals surface area contributed by atoms with E-state index in [4.69, 9.17) is 10.5 Å². The number of benzene rings is 1. The molecular weight excluding hydrogens is 290 g/mol. The maximum absolute atomic E-state index is 12.2. The van der Waals surface area contributed by atoms with E-state index in [2.05, 4.69) is 5.32 Å². The van der Waals surface area contributed by atoms with Crippen LogP contribution in [-0.4, -0.2) is 25.5 Å². The van der Waals surface area contributed by atoms with Gasteiger partial charge in [0.05, 0.1) is 0 Å². The molecule has 3 N–H and O–H groups in total. The molecule has 0 unspecified atom stereocenters. The van der Waals surface area contributed by atoms with Crippen LogP contribution in [0, 0.1) is 11.8 Å². The Bertz CT molecular complexity index is 497. The lowest BCUT2D eigenvalue weighted by molar-refractivity contribution is -0.126. The monoisotopic (exact) mass is 312 g/mol. The van der Waals surface area contributed by atoms with E-state index in [9.17, 15) is 13.6 Å². The first-order valence-electron chi connectivity index (χ1n) is 7.58. The smallest absolute Gasteiger partial charge is 0.272 e. The Kier molecular flexibility index (Phi) is 6.12. The van der Waals surface area contributed by atoms with Gasteiger partial charge in [0, 0.05) is 12.5 Å². The summed E-state index contributed by atoms with van der Waals surface area (Å²) in [6.45, 7) is 0.267. The number of nitrogens with one attached hydrogen (secondary N) is 1. The molecule has 0 spiro atoms. The Morgan fingerprint density at radius 2 is 2.23 bits per heavy atom. The van der Waals surface area contributed by atoms with Gasteiger partial charge in [-0.3, -0.25) is 4.79 Å². The number of ether oxygens (including phenoxy) is 1. The largest absolute Gasteiger partial charge is 0.488 e. The number of carbonyl (C=O) groups is 1.